The highest BCUT2D eigenvalue weighted by molar-refractivity contribution is 5.96. The SMILES string of the molecule is CC1(C)C=CC(=O)[C@@]2(C)C1CC[C@]1(C)[C@@H]2CC[C@H](C(=O)Oc2ccccc2)[C@]12COC(=O)C2. The zero-order valence-corrected chi connectivity index (χ0v) is 20.1. The average Bonchev–Trinajstić information content (AvgIpc) is 3.16. The summed E-state index contributed by atoms with van der Waals surface area (Å²) in [6, 6.07) is 9.10. The first-order chi connectivity index (χ1) is 15.5. The third-order valence-electron chi connectivity index (χ3n) is 10.0. The van der Waals surface area contributed by atoms with Crippen LogP contribution in [0.15, 0.2) is 42.5 Å². The second-order valence-electron chi connectivity index (χ2n) is 11.7. The molecule has 5 rings (SSSR count). The molecule has 0 radical (unpaired) electrons. The van der Waals surface area contributed by atoms with Gasteiger partial charge in [0.1, 0.15) is 5.75 Å². The molecule has 3 fully saturated rings. The Morgan fingerprint density at radius 3 is 2.39 bits per heavy atom. The Morgan fingerprint density at radius 2 is 1.73 bits per heavy atom. The van der Waals surface area contributed by atoms with Crippen molar-refractivity contribution in [2.75, 3.05) is 6.61 Å². The molecule has 1 aromatic carbocycles. The van der Waals surface area contributed by atoms with Gasteiger partial charge in [0, 0.05) is 10.8 Å². The molecule has 0 amide bonds. The van der Waals surface area contributed by atoms with Gasteiger partial charge in [0.15, 0.2) is 5.78 Å². The maximum Gasteiger partial charge on any atom is 0.315 e. The van der Waals surface area contributed by atoms with Gasteiger partial charge < -0.3 is 9.47 Å². The van der Waals surface area contributed by atoms with Crippen molar-refractivity contribution in [2.45, 2.75) is 59.8 Å². The van der Waals surface area contributed by atoms with Gasteiger partial charge in [-0.2, -0.15) is 0 Å². The van der Waals surface area contributed by atoms with Crippen molar-refractivity contribution in [3.8, 4) is 5.75 Å². The molecule has 5 heteroatoms. The van der Waals surface area contributed by atoms with E-state index in [0.717, 1.165) is 19.3 Å². The summed E-state index contributed by atoms with van der Waals surface area (Å²) in [7, 11) is 0. The summed E-state index contributed by atoms with van der Waals surface area (Å²) in [6.45, 7) is 9.02. The van der Waals surface area contributed by atoms with Crippen LogP contribution in [0.3, 0.4) is 0 Å². The van der Waals surface area contributed by atoms with Crippen LogP contribution in [-0.4, -0.2) is 24.3 Å². The Morgan fingerprint density at radius 1 is 1.00 bits per heavy atom. The van der Waals surface area contributed by atoms with Crippen LogP contribution in [0.25, 0.3) is 0 Å². The molecule has 176 valence electrons. The van der Waals surface area contributed by atoms with E-state index >= 15 is 0 Å². The lowest BCUT2D eigenvalue weighted by Crippen LogP contribution is -2.66. The van der Waals surface area contributed by atoms with Crippen LogP contribution in [0, 0.1) is 39.4 Å². The molecule has 5 nitrogen and oxygen atoms in total. The molecule has 1 heterocycles. The van der Waals surface area contributed by atoms with E-state index in [0.29, 0.717) is 12.2 Å². The third kappa shape index (κ3) is 3.00. The smallest absolute Gasteiger partial charge is 0.315 e. The molecule has 1 aromatic rings. The van der Waals surface area contributed by atoms with Gasteiger partial charge in [0.2, 0.25) is 0 Å². The summed E-state index contributed by atoms with van der Waals surface area (Å²) >= 11 is 0. The molecule has 33 heavy (non-hydrogen) atoms. The van der Waals surface area contributed by atoms with Crippen molar-refractivity contribution >= 4 is 17.7 Å². The van der Waals surface area contributed by atoms with Crippen LogP contribution in [0.5, 0.6) is 5.75 Å². The number of ether oxygens (including phenoxy) is 2. The second-order valence-corrected chi connectivity index (χ2v) is 11.7. The van der Waals surface area contributed by atoms with Crippen molar-refractivity contribution in [3.05, 3.63) is 42.5 Å². The summed E-state index contributed by atoms with van der Waals surface area (Å²) in [5.74, 6) is 0.0409. The first-order valence-corrected chi connectivity index (χ1v) is 12.2. The first-order valence-electron chi connectivity index (χ1n) is 12.2. The number of fused-ring (bicyclic) bond motifs is 4. The molecule has 4 aliphatic rings. The van der Waals surface area contributed by atoms with E-state index in [1.807, 2.05) is 18.2 Å². The predicted molar refractivity (Wildman–Crippen MR) is 123 cm³/mol. The third-order valence-corrected chi connectivity index (χ3v) is 10.0. The van der Waals surface area contributed by atoms with Crippen LogP contribution in [-0.2, 0) is 19.1 Å². The van der Waals surface area contributed by atoms with E-state index in [1.54, 1.807) is 18.2 Å². The second kappa shape index (κ2) is 7.28. The number of hydrogen-bond acceptors (Lipinski definition) is 5. The van der Waals surface area contributed by atoms with E-state index in [9.17, 15) is 14.4 Å². The number of carbonyl (C=O) groups excluding carboxylic acids is 3. The molecule has 6 atom stereocenters. The van der Waals surface area contributed by atoms with Gasteiger partial charge >= 0.3 is 11.9 Å². The number of cyclic esters (lactones) is 1. The maximum atomic E-state index is 13.5. The minimum atomic E-state index is -0.654. The summed E-state index contributed by atoms with van der Waals surface area (Å²) in [5, 5.41) is 0. The molecule has 1 unspecified atom stereocenters. The molecular formula is C28H34O5. The number of hydrogen-bond donors (Lipinski definition) is 0. The number of ketones is 1. The van der Waals surface area contributed by atoms with Crippen molar-refractivity contribution in [1.82, 2.24) is 0 Å². The monoisotopic (exact) mass is 450 g/mol. The van der Waals surface area contributed by atoms with Crippen LogP contribution in [0.4, 0.5) is 0 Å². The molecule has 0 N–H and O–H groups in total. The Hall–Kier alpha value is -2.43. The minimum absolute atomic E-state index is 0.0672. The predicted octanol–water partition coefficient (Wildman–Crippen LogP) is 5.14. The molecule has 1 aliphatic heterocycles. The number of para-hydroxylation sites is 1. The molecule has 0 aromatic heterocycles. The van der Waals surface area contributed by atoms with Crippen LogP contribution in [0.1, 0.15) is 59.8 Å². The standard InChI is InChI=1S/C28H34O5/c1-25(2)14-13-22(29)27(4)20(25)12-15-26(3)21(27)11-10-19(28(26)16-23(30)32-17-28)24(31)33-18-8-6-5-7-9-18/h5-9,13-14,19-21H,10-12,15-17H2,1-4H3/t19-,20?,21+,26-,27+,28+/m1/s1. The van der Waals surface area contributed by atoms with E-state index in [1.165, 1.54) is 0 Å². The zero-order valence-electron chi connectivity index (χ0n) is 20.1. The summed E-state index contributed by atoms with van der Waals surface area (Å²) in [6.07, 6.45) is 7.19. The molecule has 1 saturated heterocycles. The maximum absolute atomic E-state index is 13.5. The van der Waals surface area contributed by atoms with Crippen molar-refractivity contribution in [3.63, 3.8) is 0 Å². The van der Waals surface area contributed by atoms with E-state index in [-0.39, 0.29) is 53.4 Å². The Balaban J connectivity index is 1.56. The van der Waals surface area contributed by atoms with Gasteiger partial charge in [-0.1, -0.05) is 52.0 Å². The van der Waals surface area contributed by atoms with Gasteiger partial charge in [-0.15, -0.1) is 0 Å². The zero-order chi connectivity index (χ0) is 23.6. The molecule has 0 bridgehead atoms. The lowest BCUT2D eigenvalue weighted by Gasteiger charge is -2.66. The van der Waals surface area contributed by atoms with E-state index < -0.39 is 16.7 Å². The highest BCUT2D eigenvalue weighted by Gasteiger charge is 2.71. The number of allylic oxidation sites excluding steroid dienone is 2. The normalized spacial score (nSPS) is 41.3. The number of esters is 2. The van der Waals surface area contributed by atoms with Crippen LogP contribution < -0.4 is 4.74 Å². The van der Waals surface area contributed by atoms with Crippen LogP contribution in [0.2, 0.25) is 0 Å². The fourth-order valence-electron chi connectivity index (χ4n) is 8.30. The average molecular weight is 451 g/mol. The fourth-order valence-corrected chi connectivity index (χ4v) is 8.30. The van der Waals surface area contributed by atoms with Crippen molar-refractivity contribution in [1.29, 1.82) is 0 Å². The molecule has 3 aliphatic carbocycles. The van der Waals surface area contributed by atoms with Gasteiger partial charge in [0.05, 0.1) is 18.9 Å². The number of carbonyl (C=O) groups is 3. The van der Waals surface area contributed by atoms with Crippen LogP contribution >= 0.6 is 0 Å². The highest BCUT2D eigenvalue weighted by Crippen LogP contribution is 2.72. The van der Waals surface area contributed by atoms with Crippen molar-refractivity contribution < 1.29 is 23.9 Å². The largest absolute Gasteiger partial charge is 0.465 e. The first kappa shape index (κ1) is 22.4. The quantitative estimate of drug-likeness (QED) is 0.461. The molecule has 1 spiro atoms. The lowest BCUT2D eigenvalue weighted by atomic mass is 9.35. The highest BCUT2D eigenvalue weighted by atomic mass is 16.5. The fraction of sp³-hybridized carbons (Fsp3) is 0.607. The van der Waals surface area contributed by atoms with Crippen molar-refractivity contribution in [2.24, 2.45) is 39.4 Å². The van der Waals surface area contributed by atoms with Gasteiger partial charge in [-0.05, 0) is 66.6 Å². The Labute approximate surface area is 195 Å². The van der Waals surface area contributed by atoms with Gasteiger partial charge in [0.25, 0.3) is 0 Å². The lowest BCUT2D eigenvalue weighted by molar-refractivity contribution is -0.202. The van der Waals surface area contributed by atoms with Gasteiger partial charge in [-0.25, -0.2) is 0 Å². The topological polar surface area (TPSA) is 69.7 Å². The summed E-state index contributed by atoms with van der Waals surface area (Å²) in [4.78, 5) is 39.5. The summed E-state index contributed by atoms with van der Waals surface area (Å²) in [5.41, 5.74) is -1.61. The van der Waals surface area contributed by atoms with Gasteiger partial charge in [-0.3, -0.25) is 14.4 Å². The van der Waals surface area contributed by atoms with E-state index in [4.69, 9.17) is 9.47 Å². The molecular weight excluding hydrogens is 416 g/mol. The van der Waals surface area contributed by atoms with E-state index in [2.05, 4.69) is 33.8 Å². The minimum Gasteiger partial charge on any atom is -0.465 e. The number of rotatable bonds is 2. The number of benzene rings is 1. The Kier molecular flexibility index (Phi) is 4.94. The summed E-state index contributed by atoms with van der Waals surface area (Å²) < 4.78 is 11.4. The Bertz CT molecular complexity index is 1030. The molecule has 2 saturated carbocycles.